The van der Waals surface area contributed by atoms with Gasteiger partial charge in [-0.3, -0.25) is 0 Å². The third kappa shape index (κ3) is 2.99. The lowest BCUT2D eigenvalue weighted by Crippen LogP contribution is -2.20. The lowest BCUT2D eigenvalue weighted by molar-refractivity contribution is 0.846. The summed E-state index contributed by atoms with van der Waals surface area (Å²) in [6.07, 6.45) is 2.43. The average Bonchev–Trinajstić information content (AvgIpc) is 3.33. The molecule has 4 heteroatoms. The van der Waals surface area contributed by atoms with E-state index < -0.39 is 0 Å². The summed E-state index contributed by atoms with van der Waals surface area (Å²) in [4.78, 5) is 11.7. The van der Waals surface area contributed by atoms with E-state index in [9.17, 15) is 0 Å². The van der Waals surface area contributed by atoms with E-state index in [0.29, 0.717) is 5.92 Å². The smallest absolute Gasteiger partial charge is 0.137 e. The predicted molar refractivity (Wildman–Crippen MR) is 86.8 cm³/mol. The van der Waals surface area contributed by atoms with Crippen LogP contribution in [0.5, 0.6) is 0 Å². The fourth-order valence-electron chi connectivity index (χ4n) is 2.59. The molecule has 4 nitrogen and oxygen atoms in total. The van der Waals surface area contributed by atoms with Gasteiger partial charge in [-0.25, -0.2) is 9.97 Å². The first-order valence-electron chi connectivity index (χ1n) is 7.50. The second-order valence-electron chi connectivity index (χ2n) is 5.74. The highest BCUT2D eigenvalue weighted by atomic mass is 15.2. The number of nitrogens with one attached hydrogen (secondary N) is 1. The van der Waals surface area contributed by atoms with Crippen molar-refractivity contribution in [3.63, 3.8) is 0 Å². The fraction of sp³-hybridized carbons (Fsp3) is 0.412. The summed E-state index contributed by atoms with van der Waals surface area (Å²) in [6, 6.07) is 10.5. The highest BCUT2D eigenvalue weighted by Crippen LogP contribution is 2.40. The standard InChI is InChI=1S/C17H22N4/c1-12-15(18-2)19-16(14-9-10-14)20-17(12)21(3)11-13-7-5-4-6-8-13/h4-8,14H,9-11H2,1-3H3,(H,18,19,20). The molecule has 1 aromatic carbocycles. The molecule has 1 fully saturated rings. The van der Waals surface area contributed by atoms with Crippen molar-refractivity contribution in [3.8, 4) is 0 Å². The van der Waals surface area contributed by atoms with Gasteiger partial charge in [0.2, 0.25) is 0 Å². The summed E-state index contributed by atoms with van der Waals surface area (Å²) >= 11 is 0. The van der Waals surface area contributed by atoms with E-state index in [1.807, 2.05) is 13.1 Å². The molecule has 1 aliphatic rings. The van der Waals surface area contributed by atoms with Crippen LogP contribution < -0.4 is 10.2 Å². The Kier molecular flexibility index (Phi) is 3.78. The second-order valence-corrected chi connectivity index (χ2v) is 5.74. The molecule has 1 aliphatic carbocycles. The molecule has 21 heavy (non-hydrogen) atoms. The number of benzene rings is 1. The molecule has 1 heterocycles. The molecular formula is C17H22N4. The molecule has 110 valence electrons. The molecule has 0 atom stereocenters. The normalized spacial score (nSPS) is 14.0. The van der Waals surface area contributed by atoms with Crippen LogP contribution in [-0.4, -0.2) is 24.1 Å². The predicted octanol–water partition coefficient (Wildman–Crippen LogP) is 3.34. The number of anilines is 2. The van der Waals surface area contributed by atoms with E-state index in [2.05, 4.69) is 53.4 Å². The summed E-state index contributed by atoms with van der Waals surface area (Å²) in [5, 5.41) is 3.20. The zero-order valence-corrected chi connectivity index (χ0v) is 12.9. The molecule has 0 aliphatic heterocycles. The van der Waals surface area contributed by atoms with Crippen molar-refractivity contribution in [2.24, 2.45) is 0 Å². The van der Waals surface area contributed by atoms with Crippen molar-refractivity contribution in [2.75, 3.05) is 24.3 Å². The van der Waals surface area contributed by atoms with Crippen LogP contribution in [0, 0.1) is 6.92 Å². The van der Waals surface area contributed by atoms with Gasteiger partial charge in [-0.05, 0) is 25.3 Å². The van der Waals surface area contributed by atoms with Gasteiger partial charge in [0.15, 0.2) is 0 Å². The molecule has 1 saturated carbocycles. The van der Waals surface area contributed by atoms with Gasteiger partial charge < -0.3 is 10.2 Å². The maximum Gasteiger partial charge on any atom is 0.137 e. The Balaban J connectivity index is 1.90. The number of hydrogen-bond acceptors (Lipinski definition) is 4. The van der Waals surface area contributed by atoms with Crippen LogP contribution in [0.15, 0.2) is 30.3 Å². The molecule has 0 saturated heterocycles. The minimum Gasteiger partial charge on any atom is -0.373 e. The molecule has 3 rings (SSSR count). The van der Waals surface area contributed by atoms with E-state index in [4.69, 9.17) is 4.98 Å². The van der Waals surface area contributed by atoms with Crippen LogP contribution in [0.3, 0.4) is 0 Å². The van der Waals surface area contributed by atoms with Crippen LogP contribution in [-0.2, 0) is 6.54 Å². The lowest BCUT2D eigenvalue weighted by Gasteiger charge is -2.22. The minimum absolute atomic E-state index is 0.557. The number of aromatic nitrogens is 2. The van der Waals surface area contributed by atoms with E-state index in [1.165, 1.54) is 18.4 Å². The Morgan fingerprint density at radius 1 is 1.19 bits per heavy atom. The van der Waals surface area contributed by atoms with Gasteiger partial charge in [-0.1, -0.05) is 30.3 Å². The Morgan fingerprint density at radius 2 is 1.90 bits per heavy atom. The third-order valence-corrected chi connectivity index (χ3v) is 3.94. The van der Waals surface area contributed by atoms with Crippen molar-refractivity contribution in [1.82, 2.24) is 9.97 Å². The summed E-state index contributed by atoms with van der Waals surface area (Å²) < 4.78 is 0. The maximum atomic E-state index is 4.81. The Morgan fingerprint density at radius 3 is 2.52 bits per heavy atom. The van der Waals surface area contributed by atoms with Crippen molar-refractivity contribution in [3.05, 3.63) is 47.3 Å². The molecule has 0 amide bonds. The Bertz CT molecular complexity index is 620. The molecule has 2 aromatic rings. The topological polar surface area (TPSA) is 41.1 Å². The first-order valence-corrected chi connectivity index (χ1v) is 7.50. The zero-order valence-electron chi connectivity index (χ0n) is 12.9. The summed E-state index contributed by atoms with van der Waals surface area (Å²) in [5.74, 6) is 3.52. The number of rotatable bonds is 5. The molecule has 0 spiro atoms. The van der Waals surface area contributed by atoms with Crippen molar-refractivity contribution in [1.29, 1.82) is 0 Å². The molecule has 0 radical (unpaired) electrons. The van der Waals surface area contributed by atoms with E-state index >= 15 is 0 Å². The minimum atomic E-state index is 0.557. The van der Waals surface area contributed by atoms with Crippen LogP contribution in [0.25, 0.3) is 0 Å². The third-order valence-electron chi connectivity index (χ3n) is 3.94. The highest BCUT2D eigenvalue weighted by molar-refractivity contribution is 5.58. The van der Waals surface area contributed by atoms with Gasteiger partial charge in [0, 0.05) is 32.1 Å². The van der Waals surface area contributed by atoms with Crippen LogP contribution in [0.1, 0.15) is 35.7 Å². The van der Waals surface area contributed by atoms with Crippen molar-refractivity contribution < 1.29 is 0 Å². The highest BCUT2D eigenvalue weighted by Gasteiger charge is 2.28. The van der Waals surface area contributed by atoms with Gasteiger partial charge in [0.1, 0.15) is 17.5 Å². The van der Waals surface area contributed by atoms with Gasteiger partial charge in [-0.15, -0.1) is 0 Å². The first-order chi connectivity index (χ1) is 10.2. The van der Waals surface area contributed by atoms with Gasteiger partial charge in [0.05, 0.1) is 0 Å². The Labute approximate surface area is 126 Å². The SMILES string of the molecule is CNc1nc(C2CC2)nc(N(C)Cc2ccccc2)c1C. The van der Waals surface area contributed by atoms with Crippen LogP contribution in [0.4, 0.5) is 11.6 Å². The van der Waals surface area contributed by atoms with Crippen LogP contribution in [0.2, 0.25) is 0 Å². The fourth-order valence-corrected chi connectivity index (χ4v) is 2.59. The maximum absolute atomic E-state index is 4.81. The quantitative estimate of drug-likeness (QED) is 0.913. The summed E-state index contributed by atoms with van der Waals surface area (Å²) in [6.45, 7) is 2.94. The molecule has 1 aromatic heterocycles. The van der Waals surface area contributed by atoms with Gasteiger partial charge >= 0.3 is 0 Å². The second kappa shape index (κ2) is 5.72. The van der Waals surface area contributed by atoms with Crippen molar-refractivity contribution in [2.45, 2.75) is 32.2 Å². The van der Waals surface area contributed by atoms with E-state index in [1.54, 1.807) is 0 Å². The average molecular weight is 282 g/mol. The zero-order chi connectivity index (χ0) is 14.8. The summed E-state index contributed by atoms with van der Waals surface area (Å²) in [7, 11) is 4.02. The van der Waals surface area contributed by atoms with Crippen LogP contribution >= 0.6 is 0 Å². The van der Waals surface area contributed by atoms with E-state index in [-0.39, 0.29) is 0 Å². The largest absolute Gasteiger partial charge is 0.373 e. The van der Waals surface area contributed by atoms with Gasteiger partial charge in [0.25, 0.3) is 0 Å². The molecule has 1 N–H and O–H groups in total. The molecule has 0 bridgehead atoms. The van der Waals surface area contributed by atoms with E-state index in [0.717, 1.165) is 29.6 Å². The monoisotopic (exact) mass is 282 g/mol. The summed E-state index contributed by atoms with van der Waals surface area (Å²) in [5.41, 5.74) is 2.40. The van der Waals surface area contributed by atoms with Gasteiger partial charge in [-0.2, -0.15) is 0 Å². The molecular weight excluding hydrogens is 260 g/mol. The Hall–Kier alpha value is -2.10. The first kappa shape index (κ1) is 13.9. The number of hydrogen-bond donors (Lipinski definition) is 1. The van der Waals surface area contributed by atoms with Crippen molar-refractivity contribution >= 4 is 11.6 Å². The lowest BCUT2D eigenvalue weighted by atomic mass is 10.2. The molecule has 0 unspecified atom stereocenters. The number of nitrogens with zero attached hydrogens (tertiary/aromatic N) is 3.